The molecule has 2 atom stereocenters. The van der Waals surface area contributed by atoms with E-state index in [1.807, 2.05) is 24.3 Å². The van der Waals surface area contributed by atoms with Gasteiger partial charge in [-0.05, 0) is 59.2 Å². The molecular weight excluding hydrogens is 439 g/mol. The summed E-state index contributed by atoms with van der Waals surface area (Å²) in [5.41, 5.74) is 1.97. The second kappa shape index (κ2) is 8.48. The van der Waals surface area contributed by atoms with Crippen LogP contribution >= 0.6 is 0 Å². The van der Waals surface area contributed by atoms with Crippen LogP contribution in [0, 0.1) is 11.7 Å². The highest BCUT2D eigenvalue weighted by Gasteiger charge is 2.43. The second-order valence-corrected chi connectivity index (χ2v) is 10.4. The zero-order valence-corrected chi connectivity index (χ0v) is 18.5. The molecule has 4 aromatic rings. The first-order valence-electron chi connectivity index (χ1n) is 10.7. The summed E-state index contributed by atoms with van der Waals surface area (Å²) in [4.78, 5) is 20.7. The first-order valence-corrected chi connectivity index (χ1v) is 12.3. The van der Waals surface area contributed by atoms with Crippen molar-refractivity contribution in [3.8, 4) is 0 Å². The third-order valence-electron chi connectivity index (χ3n) is 6.07. The number of hydrogen-bond donors (Lipinski definition) is 0. The van der Waals surface area contributed by atoms with Crippen molar-refractivity contribution in [3.05, 3.63) is 102 Å². The van der Waals surface area contributed by atoms with Crippen LogP contribution in [0.2, 0.25) is 0 Å². The van der Waals surface area contributed by atoms with E-state index >= 15 is 0 Å². The molecule has 0 unspecified atom stereocenters. The lowest BCUT2D eigenvalue weighted by Gasteiger charge is -2.08. The van der Waals surface area contributed by atoms with Crippen molar-refractivity contribution >= 4 is 26.4 Å². The van der Waals surface area contributed by atoms with E-state index in [1.165, 1.54) is 18.3 Å². The summed E-state index contributed by atoms with van der Waals surface area (Å²) in [6, 6.07) is 16.9. The minimum atomic E-state index is -3.91. The molecule has 5 rings (SSSR count). The van der Waals surface area contributed by atoms with Crippen LogP contribution in [0.1, 0.15) is 29.2 Å². The molecule has 0 spiro atoms. The molecule has 0 N–H and O–H groups in total. The van der Waals surface area contributed by atoms with E-state index < -0.39 is 15.7 Å². The Labute approximate surface area is 191 Å². The van der Waals surface area contributed by atoms with Gasteiger partial charge in [0.15, 0.2) is 9.84 Å². The predicted octanol–water partition coefficient (Wildman–Crippen LogP) is 4.66. The van der Waals surface area contributed by atoms with Gasteiger partial charge >= 0.3 is 0 Å². The van der Waals surface area contributed by atoms with Gasteiger partial charge in [-0.3, -0.25) is 14.8 Å². The molecule has 0 amide bonds. The lowest BCUT2D eigenvalue weighted by Crippen LogP contribution is -2.10. The summed E-state index contributed by atoms with van der Waals surface area (Å²) in [5, 5.41) is 2.05. The zero-order valence-electron chi connectivity index (χ0n) is 17.7. The fraction of sp³-hybridized carbons (Fsp3) is 0.192. The van der Waals surface area contributed by atoms with Crippen molar-refractivity contribution in [1.29, 1.82) is 0 Å². The van der Waals surface area contributed by atoms with Crippen molar-refractivity contribution in [1.82, 2.24) is 9.97 Å². The zero-order chi connectivity index (χ0) is 23.0. The van der Waals surface area contributed by atoms with E-state index in [0.29, 0.717) is 24.1 Å². The van der Waals surface area contributed by atoms with Gasteiger partial charge in [0, 0.05) is 36.3 Å². The first kappa shape index (κ1) is 21.4. The minimum Gasteiger partial charge on any atom is -0.299 e. The topological polar surface area (TPSA) is 77.0 Å². The van der Waals surface area contributed by atoms with Crippen molar-refractivity contribution in [3.63, 3.8) is 0 Å². The Morgan fingerprint density at radius 2 is 1.88 bits per heavy atom. The number of carbonyl (C=O) groups excluding carboxylic acids is 1. The van der Waals surface area contributed by atoms with E-state index in [9.17, 15) is 17.6 Å². The Morgan fingerprint density at radius 1 is 1.00 bits per heavy atom. The molecule has 0 saturated heterocycles. The molecule has 0 radical (unpaired) electrons. The average Bonchev–Trinajstić information content (AvgIpc) is 3.61. The highest BCUT2D eigenvalue weighted by atomic mass is 32.2. The van der Waals surface area contributed by atoms with Gasteiger partial charge in [0.25, 0.3) is 0 Å². The molecule has 33 heavy (non-hydrogen) atoms. The van der Waals surface area contributed by atoms with Crippen LogP contribution < -0.4 is 0 Å². The highest BCUT2D eigenvalue weighted by Crippen LogP contribution is 2.49. The van der Waals surface area contributed by atoms with Gasteiger partial charge in [-0.1, -0.05) is 30.3 Å². The number of sulfone groups is 1. The van der Waals surface area contributed by atoms with Crippen LogP contribution in [0.15, 0.2) is 84.1 Å². The monoisotopic (exact) mass is 460 g/mol. The summed E-state index contributed by atoms with van der Waals surface area (Å²) in [6.45, 7) is 0. The summed E-state index contributed by atoms with van der Waals surface area (Å²) in [7, 11) is -3.91. The number of carbonyl (C=O) groups is 1. The van der Waals surface area contributed by atoms with Crippen molar-refractivity contribution in [2.45, 2.75) is 29.4 Å². The lowest BCUT2D eigenvalue weighted by atomic mass is 10.0. The summed E-state index contributed by atoms with van der Waals surface area (Å²) in [6.07, 6.45) is 5.96. The van der Waals surface area contributed by atoms with E-state index in [0.717, 1.165) is 16.3 Å². The van der Waals surface area contributed by atoms with E-state index in [4.69, 9.17) is 0 Å². The molecule has 1 fully saturated rings. The highest BCUT2D eigenvalue weighted by molar-refractivity contribution is 7.90. The Bertz CT molecular complexity index is 1460. The Morgan fingerprint density at radius 3 is 2.70 bits per heavy atom. The number of benzene rings is 2. The van der Waals surface area contributed by atoms with Crippen LogP contribution in [0.3, 0.4) is 0 Å². The maximum absolute atomic E-state index is 14.5. The number of rotatable bonds is 7. The van der Waals surface area contributed by atoms with Crippen molar-refractivity contribution < 1.29 is 17.6 Å². The SMILES string of the molecule is O=C(Cc1ccc2cnccc2c1)[C@@H]1C[C@H]1c1ccc(F)c(S(=O)(=O)Cc2ccccn2)c1. The van der Waals surface area contributed by atoms with Gasteiger partial charge in [-0.2, -0.15) is 0 Å². The van der Waals surface area contributed by atoms with Crippen LogP contribution in [-0.4, -0.2) is 24.2 Å². The third kappa shape index (κ3) is 4.54. The van der Waals surface area contributed by atoms with Crippen molar-refractivity contribution in [2.75, 3.05) is 0 Å². The molecule has 2 aromatic carbocycles. The van der Waals surface area contributed by atoms with Gasteiger partial charge < -0.3 is 0 Å². The Balaban J connectivity index is 1.32. The number of halogens is 1. The Hall–Kier alpha value is -3.45. The molecule has 2 aromatic heterocycles. The summed E-state index contributed by atoms with van der Waals surface area (Å²) in [5.74, 6) is -1.33. The average molecular weight is 461 g/mol. The molecule has 1 aliphatic carbocycles. The Kier molecular flexibility index (Phi) is 5.50. The number of Topliss-reactive ketones (excluding diaryl/α,β-unsaturated/α-hetero) is 1. The molecule has 0 bridgehead atoms. The van der Waals surface area contributed by atoms with Gasteiger partial charge in [0.1, 0.15) is 16.5 Å². The molecule has 166 valence electrons. The number of nitrogens with zero attached hydrogens (tertiary/aromatic N) is 2. The van der Waals surface area contributed by atoms with Crippen LogP contribution in [0.4, 0.5) is 4.39 Å². The summed E-state index contributed by atoms with van der Waals surface area (Å²) < 4.78 is 40.1. The summed E-state index contributed by atoms with van der Waals surface area (Å²) >= 11 is 0. The molecule has 1 saturated carbocycles. The molecular formula is C26H21FN2O3S. The fourth-order valence-electron chi connectivity index (χ4n) is 4.24. The number of fused-ring (bicyclic) bond motifs is 1. The van der Waals surface area contributed by atoms with Gasteiger partial charge in [0.2, 0.25) is 0 Å². The standard InChI is InChI=1S/C26H21FN2O3S/c27-24-7-6-19(13-26(24)33(31,32)16-21-3-1-2-9-29-21)22-14-23(22)25(30)12-17-4-5-20-15-28-10-8-18(20)11-17/h1-11,13,15,22-23H,12,14,16H2/t22-,23+/m0/s1. The number of aromatic nitrogens is 2. The lowest BCUT2D eigenvalue weighted by molar-refractivity contribution is -0.119. The van der Waals surface area contributed by atoms with Crippen LogP contribution in [0.5, 0.6) is 0 Å². The third-order valence-corrected chi connectivity index (χ3v) is 7.73. The quantitative estimate of drug-likeness (QED) is 0.401. The van der Waals surface area contributed by atoms with Gasteiger partial charge in [0.05, 0.1) is 11.4 Å². The van der Waals surface area contributed by atoms with Crippen molar-refractivity contribution in [2.24, 2.45) is 5.92 Å². The molecule has 1 aliphatic rings. The van der Waals surface area contributed by atoms with E-state index in [1.54, 1.807) is 36.7 Å². The predicted molar refractivity (Wildman–Crippen MR) is 123 cm³/mol. The fourth-order valence-corrected chi connectivity index (χ4v) is 5.64. The number of pyridine rings is 2. The molecule has 5 nitrogen and oxygen atoms in total. The maximum Gasteiger partial charge on any atom is 0.186 e. The normalized spacial score (nSPS) is 17.7. The van der Waals surface area contributed by atoms with Gasteiger partial charge in [-0.15, -0.1) is 0 Å². The first-order chi connectivity index (χ1) is 15.9. The molecule has 7 heteroatoms. The maximum atomic E-state index is 14.5. The van der Waals surface area contributed by atoms with E-state index in [2.05, 4.69) is 9.97 Å². The van der Waals surface area contributed by atoms with Gasteiger partial charge in [-0.25, -0.2) is 12.8 Å². The largest absolute Gasteiger partial charge is 0.299 e. The smallest absolute Gasteiger partial charge is 0.186 e. The number of hydrogen-bond acceptors (Lipinski definition) is 5. The van der Waals surface area contributed by atoms with Crippen LogP contribution in [-0.2, 0) is 26.8 Å². The minimum absolute atomic E-state index is 0.0912. The molecule has 2 heterocycles. The molecule has 0 aliphatic heterocycles. The van der Waals surface area contributed by atoms with E-state index in [-0.39, 0.29) is 28.3 Å². The number of ketones is 1. The van der Waals surface area contributed by atoms with Crippen LogP contribution in [0.25, 0.3) is 10.8 Å². The second-order valence-electron chi connectivity index (χ2n) is 8.42.